The molecule has 3 rings (SSSR count). The first-order chi connectivity index (χ1) is 13.8. The van der Waals surface area contributed by atoms with Crippen LogP contribution in [0.1, 0.15) is 6.42 Å². The molecule has 1 saturated heterocycles. The highest BCUT2D eigenvalue weighted by Crippen LogP contribution is 2.22. The summed E-state index contributed by atoms with van der Waals surface area (Å²) in [6.07, 6.45) is 0.219. The van der Waals surface area contributed by atoms with Crippen LogP contribution >= 0.6 is 11.6 Å². The minimum absolute atomic E-state index is 0.129. The molecular weight excluding hydrogens is 424 g/mol. The lowest BCUT2D eigenvalue weighted by molar-refractivity contribution is -0.116. The second kappa shape index (κ2) is 9.17. The van der Waals surface area contributed by atoms with Gasteiger partial charge in [-0.25, -0.2) is 17.2 Å². The number of para-hydroxylation sites is 1. The van der Waals surface area contributed by atoms with Crippen molar-refractivity contribution in [2.45, 2.75) is 11.3 Å². The van der Waals surface area contributed by atoms with Gasteiger partial charge in [0.1, 0.15) is 16.5 Å². The van der Waals surface area contributed by atoms with Crippen LogP contribution in [0.25, 0.3) is 0 Å². The number of carbonyl (C=O) groups excluding carboxylic acids is 1. The zero-order chi connectivity index (χ0) is 21.0. The van der Waals surface area contributed by atoms with E-state index in [-0.39, 0.29) is 25.4 Å². The van der Waals surface area contributed by atoms with Gasteiger partial charge in [-0.05, 0) is 30.3 Å². The molecule has 1 fully saturated rings. The molecule has 156 valence electrons. The van der Waals surface area contributed by atoms with Crippen molar-refractivity contribution in [3.05, 3.63) is 59.1 Å². The van der Waals surface area contributed by atoms with Gasteiger partial charge in [-0.15, -0.1) is 0 Å². The van der Waals surface area contributed by atoms with Gasteiger partial charge < -0.3 is 10.2 Å². The van der Waals surface area contributed by atoms with Crippen LogP contribution in [0.3, 0.4) is 0 Å². The van der Waals surface area contributed by atoms with E-state index in [0.29, 0.717) is 36.4 Å². The third kappa shape index (κ3) is 5.30. The number of nitrogens with zero attached hydrogens (tertiary/aromatic N) is 2. The lowest BCUT2D eigenvalue weighted by atomic mass is 10.3. The third-order valence-electron chi connectivity index (χ3n) is 4.65. The fourth-order valence-electron chi connectivity index (χ4n) is 3.04. The Morgan fingerprint density at radius 2 is 1.76 bits per heavy atom. The summed E-state index contributed by atoms with van der Waals surface area (Å²) in [5.74, 6) is -1.99. The fraction of sp³-hybridized carbons (Fsp3) is 0.316. The molecule has 0 aliphatic carbocycles. The molecule has 1 N–H and O–H groups in total. The average molecular weight is 444 g/mol. The molecule has 1 aliphatic rings. The number of benzene rings is 2. The number of halogens is 3. The van der Waals surface area contributed by atoms with E-state index >= 15 is 0 Å². The quantitative estimate of drug-likeness (QED) is 0.745. The maximum Gasteiger partial charge on any atom is 0.246 e. The van der Waals surface area contributed by atoms with Gasteiger partial charge in [0.15, 0.2) is 0 Å². The Morgan fingerprint density at radius 1 is 1.07 bits per heavy atom. The molecule has 2 aromatic rings. The molecule has 0 unspecified atom stereocenters. The molecule has 1 amide bonds. The summed E-state index contributed by atoms with van der Waals surface area (Å²) in [6.45, 7) is 1.47. The van der Waals surface area contributed by atoms with Crippen molar-refractivity contribution in [1.82, 2.24) is 9.21 Å². The van der Waals surface area contributed by atoms with Crippen molar-refractivity contribution in [2.24, 2.45) is 0 Å². The number of piperazine rings is 1. The minimum atomic E-state index is -4.12. The highest BCUT2D eigenvalue weighted by atomic mass is 35.5. The van der Waals surface area contributed by atoms with Crippen LogP contribution in [0.4, 0.5) is 14.5 Å². The monoisotopic (exact) mass is 443 g/mol. The van der Waals surface area contributed by atoms with Crippen LogP contribution in [0.15, 0.2) is 47.4 Å². The number of amides is 1. The van der Waals surface area contributed by atoms with Crippen molar-refractivity contribution in [3.8, 4) is 0 Å². The van der Waals surface area contributed by atoms with Crippen molar-refractivity contribution >= 4 is 33.2 Å². The first-order valence-corrected chi connectivity index (χ1v) is 10.8. The van der Waals surface area contributed by atoms with Crippen molar-refractivity contribution in [1.29, 1.82) is 0 Å². The molecule has 0 aromatic heterocycles. The summed E-state index contributed by atoms with van der Waals surface area (Å²) in [7, 11) is -4.12. The number of hydrogen-bond acceptors (Lipinski definition) is 4. The number of carbonyl (C=O) groups is 1. The Balaban J connectivity index is 1.52. The summed E-state index contributed by atoms with van der Waals surface area (Å²) >= 11 is 6.01. The van der Waals surface area contributed by atoms with Gasteiger partial charge in [-0.1, -0.05) is 23.7 Å². The lowest BCUT2D eigenvalue weighted by Crippen LogP contribution is -2.49. The maximum absolute atomic E-state index is 13.9. The van der Waals surface area contributed by atoms with E-state index in [2.05, 4.69) is 5.32 Å². The summed E-state index contributed by atoms with van der Waals surface area (Å²) < 4.78 is 53.6. The Hall–Kier alpha value is -2.07. The molecule has 2 aromatic carbocycles. The van der Waals surface area contributed by atoms with E-state index in [1.54, 1.807) is 24.3 Å². The highest BCUT2D eigenvalue weighted by Gasteiger charge is 2.31. The Bertz CT molecular complexity index is 996. The van der Waals surface area contributed by atoms with Gasteiger partial charge in [-0.2, -0.15) is 4.31 Å². The molecule has 1 heterocycles. The number of rotatable bonds is 6. The zero-order valence-corrected chi connectivity index (χ0v) is 17.0. The molecule has 6 nitrogen and oxygen atoms in total. The number of anilines is 1. The zero-order valence-electron chi connectivity index (χ0n) is 15.4. The largest absolute Gasteiger partial charge is 0.325 e. The topological polar surface area (TPSA) is 69.7 Å². The van der Waals surface area contributed by atoms with Crippen LogP contribution in [0.2, 0.25) is 5.02 Å². The molecule has 0 saturated carbocycles. The van der Waals surface area contributed by atoms with Gasteiger partial charge in [0.25, 0.3) is 0 Å². The van der Waals surface area contributed by atoms with Gasteiger partial charge in [0, 0.05) is 39.1 Å². The van der Waals surface area contributed by atoms with Crippen molar-refractivity contribution in [3.63, 3.8) is 0 Å². The van der Waals surface area contributed by atoms with Crippen LogP contribution in [-0.4, -0.2) is 56.3 Å². The SMILES string of the molecule is O=C(CCN1CCN(S(=O)(=O)c2cc(F)ccc2F)CC1)Nc1ccccc1Cl. The summed E-state index contributed by atoms with van der Waals surface area (Å²) in [6, 6.07) is 9.28. The number of nitrogens with one attached hydrogen (secondary N) is 1. The first kappa shape index (κ1) is 21.6. The van der Waals surface area contributed by atoms with Gasteiger partial charge in [-0.3, -0.25) is 4.79 Å². The lowest BCUT2D eigenvalue weighted by Gasteiger charge is -2.33. The molecule has 10 heteroatoms. The van der Waals surface area contributed by atoms with Gasteiger partial charge in [0.05, 0.1) is 10.7 Å². The van der Waals surface area contributed by atoms with Crippen LogP contribution in [0.5, 0.6) is 0 Å². The average Bonchev–Trinajstić information content (AvgIpc) is 2.70. The molecule has 1 aliphatic heterocycles. The standard InChI is InChI=1S/C19H20ClF2N3O3S/c20-15-3-1-2-4-17(15)23-19(26)7-8-24-9-11-25(12-10-24)29(27,28)18-13-14(21)5-6-16(18)22/h1-6,13H,7-12H2,(H,23,26). The first-order valence-electron chi connectivity index (χ1n) is 8.99. The number of hydrogen-bond donors (Lipinski definition) is 1. The molecule has 29 heavy (non-hydrogen) atoms. The molecule has 0 bridgehead atoms. The molecule has 0 radical (unpaired) electrons. The molecular formula is C19H20ClF2N3O3S. The Morgan fingerprint density at radius 3 is 2.45 bits per heavy atom. The normalized spacial score (nSPS) is 16.0. The Labute approximate surface area is 173 Å². The smallest absolute Gasteiger partial charge is 0.246 e. The van der Waals surface area contributed by atoms with Gasteiger partial charge >= 0.3 is 0 Å². The van der Waals surface area contributed by atoms with Crippen LogP contribution in [0, 0.1) is 11.6 Å². The van der Waals surface area contributed by atoms with Crippen LogP contribution in [-0.2, 0) is 14.8 Å². The van der Waals surface area contributed by atoms with E-state index in [9.17, 15) is 22.0 Å². The second-order valence-electron chi connectivity index (χ2n) is 6.60. The van der Waals surface area contributed by atoms with Crippen molar-refractivity contribution < 1.29 is 22.0 Å². The predicted octanol–water partition coefficient (Wildman–Crippen LogP) is 2.95. The van der Waals surface area contributed by atoms with Crippen LogP contribution < -0.4 is 5.32 Å². The fourth-order valence-corrected chi connectivity index (χ4v) is 4.72. The molecule has 0 atom stereocenters. The third-order valence-corrected chi connectivity index (χ3v) is 6.89. The second-order valence-corrected chi connectivity index (χ2v) is 8.91. The molecule has 0 spiro atoms. The highest BCUT2D eigenvalue weighted by molar-refractivity contribution is 7.89. The van der Waals surface area contributed by atoms with E-state index in [0.717, 1.165) is 16.4 Å². The Kier molecular flexibility index (Phi) is 6.84. The maximum atomic E-state index is 13.9. The number of sulfonamides is 1. The van der Waals surface area contributed by atoms with E-state index in [1.165, 1.54) is 0 Å². The predicted molar refractivity (Wildman–Crippen MR) is 106 cm³/mol. The summed E-state index contributed by atoms with van der Waals surface area (Å²) in [5.41, 5.74) is 0.534. The van der Waals surface area contributed by atoms with Gasteiger partial charge in [0.2, 0.25) is 15.9 Å². The van der Waals surface area contributed by atoms with E-state index < -0.39 is 26.6 Å². The van der Waals surface area contributed by atoms with Crippen molar-refractivity contribution in [2.75, 3.05) is 38.0 Å². The summed E-state index contributed by atoms with van der Waals surface area (Å²) in [4.78, 5) is 13.4. The summed E-state index contributed by atoms with van der Waals surface area (Å²) in [5, 5.41) is 3.18. The van der Waals surface area contributed by atoms with E-state index in [1.807, 2.05) is 4.90 Å². The van der Waals surface area contributed by atoms with E-state index in [4.69, 9.17) is 11.6 Å². The minimum Gasteiger partial charge on any atom is -0.325 e.